The molecule has 1 aromatic carbocycles. The van der Waals surface area contributed by atoms with Crippen molar-refractivity contribution in [3.8, 4) is 0 Å². The smallest absolute Gasteiger partial charge is 0.0409 e. The average Bonchev–Trinajstić information content (AvgIpc) is 1.98. The molecule has 0 amide bonds. The summed E-state index contributed by atoms with van der Waals surface area (Å²) in [5, 5.41) is 0.813. The molecule has 0 N–H and O–H groups in total. The van der Waals surface area contributed by atoms with Gasteiger partial charge in [-0.3, -0.25) is 0 Å². The first kappa shape index (κ1) is 9.81. The van der Waals surface area contributed by atoms with Crippen molar-refractivity contribution in [1.29, 1.82) is 0 Å². The van der Waals surface area contributed by atoms with Gasteiger partial charge in [0.05, 0.1) is 0 Å². The zero-order valence-electron chi connectivity index (χ0n) is 5.78. The summed E-state index contributed by atoms with van der Waals surface area (Å²) >= 11 is 11.7. The highest BCUT2D eigenvalue weighted by Gasteiger charge is 1.98. The van der Waals surface area contributed by atoms with E-state index in [2.05, 4.69) is 38.5 Å². The quantitative estimate of drug-likeness (QED) is 0.560. The van der Waals surface area contributed by atoms with Crippen molar-refractivity contribution in [3.05, 3.63) is 33.3 Å². The SMILES string of the molecule is Clc1ccc(Br)c(CCI)c1. The zero-order chi connectivity index (χ0) is 8.27. The molecule has 0 radical (unpaired) electrons. The molecular weight excluding hydrogens is 338 g/mol. The van der Waals surface area contributed by atoms with E-state index < -0.39 is 0 Å². The molecule has 0 aromatic heterocycles. The highest BCUT2D eigenvalue weighted by Crippen LogP contribution is 2.21. The highest BCUT2D eigenvalue weighted by molar-refractivity contribution is 14.1. The van der Waals surface area contributed by atoms with Gasteiger partial charge in [0.15, 0.2) is 0 Å². The molecule has 0 aliphatic carbocycles. The third-order valence-electron chi connectivity index (χ3n) is 1.37. The molecule has 0 fully saturated rings. The standard InChI is InChI=1S/C8H7BrClI/c9-8-2-1-7(10)5-6(8)3-4-11/h1-2,5H,3-4H2. The van der Waals surface area contributed by atoms with Crippen LogP contribution in [0.1, 0.15) is 5.56 Å². The lowest BCUT2D eigenvalue weighted by atomic mass is 10.2. The Kier molecular flexibility index (Phi) is 4.17. The predicted octanol–water partition coefficient (Wildman–Crippen LogP) is 4.08. The van der Waals surface area contributed by atoms with Crippen molar-refractivity contribution in [2.75, 3.05) is 4.43 Å². The Morgan fingerprint density at radius 3 is 2.82 bits per heavy atom. The molecule has 0 aliphatic rings. The first-order chi connectivity index (χ1) is 5.24. The lowest BCUT2D eigenvalue weighted by molar-refractivity contribution is 1.17. The van der Waals surface area contributed by atoms with Gasteiger partial charge >= 0.3 is 0 Å². The molecular formula is C8H7BrClI. The fourth-order valence-electron chi connectivity index (χ4n) is 0.837. The Hall–Kier alpha value is 0.720. The Labute approximate surface area is 93.6 Å². The van der Waals surface area contributed by atoms with Gasteiger partial charge in [-0.1, -0.05) is 50.1 Å². The number of halogens is 3. The van der Waals surface area contributed by atoms with Crippen LogP contribution in [0, 0.1) is 0 Å². The maximum absolute atomic E-state index is 5.83. The normalized spacial score (nSPS) is 10.1. The summed E-state index contributed by atoms with van der Waals surface area (Å²) in [6.45, 7) is 0. The van der Waals surface area contributed by atoms with Crippen molar-refractivity contribution < 1.29 is 0 Å². The maximum atomic E-state index is 5.83. The van der Waals surface area contributed by atoms with E-state index in [1.807, 2.05) is 18.2 Å². The van der Waals surface area contributed by atoms with Crippen LogP contribution < -0.4 is 0 Å². The van der Waals surface area contributed by atoms with Crippen molar-refractivity contribution >= 4 is 50.1 Å². The van der Waals surface area contributed by atoms with Gasteiger partial charge in [0.2, 0.25) is 0 Å². The second kappa shape index (κ2) is 4.67. The predicted molar refractivity (Wildman–Crippen MR) is 61.7 cm³/mol. The monoisotopic (exact) mass is 344 g/mol. The minimum Gasteiger partial charge on any atom is -0.0860 e. The van der Waals surface area contributed by atoms with E-state index in [9.17, 15) is 0 Å². The Morgan fingerprint density at radius 1 is 1.45 bits per heavy atom. The van der Waals surface area contributed by atoms with Crippen LogP contribution >= 0.6 is 50.1 Å². The van der Waals surface area contributed by atoms with Crippen LogP contribution in [0.2, 0.25) is 5.02 Å². The number of hydrogen-bond donors (Lipinski definition) is 0. The van der Waals surface area contributed by atoms with Gasteiger partial charge in [-0.25, -0.2) is 0 Å². The zero-order valence-corrected chi connectivity index (χ0v) is 10.3. The van der Waals surface area contributed by atoms with Crippen LogP contribution in [0.3, 0.4) is 0 Å². The minimum atomic E-state index is 0.813. The van der Waals surface area contributed by atoms with Crippen molar-refractivity contribution in [2.24, 2.45) is 0 Å². The van der Waals surface area contributed by atoms with Crippen LogP contribution in [0.5, 0.6) is 0 Å². The molecule has 1 rings (SSSR count). The third kappa shape index (κ3) is 2.92. The summed E-state index contributed by atoms with van der Waals surface area (Å²) in [5.74, 6) is 0. The van der Waals surface area contributed by atoms with E-state index in [0.717, 1.165) is 20.3 Å². The molecule has 0 unspecified atom stereocenters. The lowest BCUT2D eigenvalue weighted by Gasteiger charge is -2.01. The van der Waals surface area contributed by atoms with Crippen LogP contribution in [0.25, 0.3) is 0 Å². The lowest BCUT2D eigenvalue weighted by Crippen LogP contribution is -1.86. The molecule has 0 saturated heterocycles. The van der Waals surface area contributed by atoms with E-state index in [1.54, 1.807) is 0 Å². The summed E-state index contributed by atoms with van der Waals surface area (Å²) < 4.78 is 2.27. The van der Waals surface area contributed by atoms with E-state index in [0.29, 0.717) is 0 Å². The number of rotatable bonds is 2. The molecule has 0 bridgehead atoms. The van der Waals surface area contributed by atoms with Gasteiger partial charge < -0.3 is 0 Å². The van der Waals surface area contributed by atoms with Gasteiger partial charge in [-0.05, 0) is 30.2 Å². The maximum Gasteiger partial charge on any atom is 0.0409 e. The van der Waals surface area contributed by atoms with Gasteiger partial charge in [-0.15, -0.1) is 0 Å². The first-order valence-electron chi connectivity index (χ1n) is 3.24. The third-order valence-corrected chi connectivity index (χ3v) is 2.92. The Bertz CT molecular complexity index is 250. The largest absolute Gasteiger partial charge is 0.0860 e. The van der Waals surface area contributed by atoms with Crippen molar-refractivity contribution in [1.82, 2.24) is 0 Å². The summed E-state index contributed by atoms with van der Waals surface area (Å²) in [6.07, 6.45) is 1.07. The van der Waals surface area contributed by atoms with E-state index in [4.69, 9.17) is 11.6 Å². The van der Waals surface area contributed by atoms with E-state index in [1.165, 1.54) is 5.56 Å². The number of aryl methyl sites for hydroxylation is 1. The minimum absolute atomic E-state index is 0.813. The fraction of sp³-hybridized carbons (Fsp3) is 0.250. The van der Waals surface area contributed by atoms with Gasteiger partial charge in [0.1, 0.15) is 0 Å². The number of benzene rings is 1. The van der Waals surface area contributed by atoms with Crippen LogP contribution in [-0.4, -0.2) is 4.43 Å². The van der Waals surface area contributed by atoms with E-state index in [-0.39, 0.29) is 0 Å². The first-order valence-corrected chi connectivity index (χ1v) is 5.93. The molecule has 0 atom stereocenters. The van der Waals surface area contributed by atoms with Gasteiger partial charge in [0, 0.05) is 13.9 Å². The number of alkyl halides is 1. The molecule has 0 spiro atoms. The summed E-state index contributed by atoms with van der Waals surface area (Å²) in [6, 6.07) is 5.89. The molecule has 0 heterocycles. The highest BCUT2D eigenvalue weighted by atomic mass is 127. The van der Waals surface area contributed by atoms with E-state index >= 15 is 0 Å². The Morgan fingerprint density at radius 2 is 2.18 bits per heavy atom. The van der Waals surface area contributed by atoms with Crippen molar-refractivity contribution in [2.45, 2.75) is 6.42 Å². The van der Waals surface area contributed by atoms with Gasteiger partial charge in [-0.2, -0.15) is 0 Å². The van der Waals surface area contributed by atoms with Crippen LogP contribution in [0.15, 0.2) is 22.7 Å². The molecule has 11 heavy (non-hydrogen) atoms. The molecule has 0 saturated carbocycles. The summed E-state index contributed by atoms with van der Waals surface area (Å²) in [5.41, 5.74) is 1.28. The summed E-state index contributed by atoms with van der Waals surface area (Å²) in [4.78, 5) is 0. The second-order valence-electron chi connectivity index (χ2n) is 2.17. The molecule has 1 aromatic rings. The summed E-state index contributed by atoms with van der Waals surface area (Å²) in [7, 11) is 0. The fourth-order valence-corrected chi connectivity index (χ4v) is 2.06. The topological polar surface area (TPSA) is 0 Å². The molecule has 60 valence electrons. The Balaban J connectivity index is 2.93. The molecule has 0 nitrogen and oxygen atoms in total. The van der Waals surface area contributed by atoms with Crippen LogP contribution in [0.4, 0.5) is 0 Å². The molecule has 0 aliphatic heterocycles. The van der Waals surface area contributed by atoms with Crippen molar-refractivity contribution in [3.63, 3.8) is 0 Å². The van der Waals surface area contributed by atoms with Gasteiger partial charge in [0.25, 0.3) is 0 Å². The molecule has 3 heteroatoms. The second-order valence-corrected chi connectivity index (χ2v) is 4.54. The average molecular weight is 345 g/mol. The van der Waals surface area contributed by atoms with Crippen LogP contribution in [-0.2, 0) is 6.42 Å². The number of hydrogen-bond acceptors (Lipinski definition) is 0.